The number of rotatable bonds is 5. The SMILES string of the molecule is CN1CCN=C(/C=C/c2ccccc2SCc2ccccc2)c2ccccc21. The minimum atomic E-state index is 0.815. The summed E-state index contributed by atoms with van der Waals surface area (Å²) in [5, 5.41) is 0. The number of allylic oxidation sites excluding steroid dienone is 1. The lowest BCUT2D eigenvalue weighted by Gasteiger charge is -2.18. The molecule has 4 rings (SSSR count). The number of hydrogen-bond donors (Lipinski definition) is 0. The third-order valence-electron chi connectivity index (χ3n) is 4.89. The molecule has 3 aromatic rings. The van der Waals surface area contributed by atoms with E-state index in [-0.39, 0.29) is 0 Å². The van der Waals surface area contributed by atoms with Gasteiger partial charge in [0.1, 0.15) is 0 Å². The van der Waals surface area contributed by atoms with Gasteiger partial charge < -0.3 is 4.90 Å². The van der Waals surface area contributed by atoms with E-state index in [1.165, 1.54) is 27.3 Å². The monoisotopic (exact) mass is 384 g/mol. The van der Waals surface area contributed by atoms with Crippen LogP contribution in [0.5, 0.6) is 0 Å². The minimum Gasteiger partial charge on any atom is -0.372 e. The number of benzodiazepines with no additional fused rings is 1. The molecule has 0 amide bonds. The number of thioether (sulfide) groups is 1. The molecule has 0 spiro atoms. The van der Waals surface area contributed by atoms with Crippen LogP contribution in [0.25, 0.3) is 6.08 Å². The van der Waals surface area contributed by atoms with Gasteiger partial charge in [0.15, 0.2) is 0 Å². The van der Waals surface area contributed by atoms with Crippen LogP contribution in [0.15, 0.2) is 94.8 Å². The van der Waals surface area contributed by atoms with Crippen LogP contribution < -0.4 is 4.90 Å². The lowest BCUT2D eigenvalue weighted by molar-refractivity contribution is 0.897. The topological polar surface area (TPSA) is 15.6 Å². The fourth-order valence-corrected chi connectivity index (χ4v) is 4.34. The van der Waals surface area contributed by atoms with Gasteiger partial charge in [-0.15, -0.1) is 11.8 Å². The fraction of sp³-hybridized carbons (Fsp3) is 0.160. The number of fused-ring (bicyclic) bond motifs is 1. The van der Waals surface area contributed by atoms with E-state index in [0.29, 0.717) is 0 Å². The van der Waals surface area contributed by atoms with Crippen molar-refractivity contribution in [1.29, 1.82) is 0 Å². The summed E-state index contributed by atoms with van der Waals surface area (Å²) in [4.78, 5) is 8.41. The predicted octanol–water partition coefficient (Wildman–Crippen LogP) is 5.93. The molecule has 0 atom stereocenters. The zero-order valence-electron chi connectivity index (χ0n) is 16.1. The third kappa shape index (κ3) is 4.37. The van der Waals surface area contributed by atoms with Gasteiger partial charge in [0, 0.05) is 35.5 Å². The average molecular weight is 385 g/mol. The van der Waals surface area contributed by atoms with Crippen LogP contribution in [0.2, 0.25) is 0 Å². The van der Waals surface area contributed by atoms with Crippen molar-refractivity contribution < 1.29 is 0 Å². The van der Waals surface area contributed by atoms with E-state index in [9.17, 15) is 0 Å². The molecule has 0 unspecified atom stereocenters. The molecule has 3 aromatic carbocycles. The summed E-state index contributed by atoms with van der Waals surface area (Å²) >= 11 is 1.88. The molecule has 0 aliphatic carbocycles. The van der Waals surface area contributed by atoms with Crippen molar-refractivity contribution in [3.05, 3.63) is 102 Å². The molecule has 140 valence electrons. The van der Waals surface area contributed by atoms with Gasteiger partial charge in [-0.25, -0.2) is 0 Å². The number of aliphatic imine (C=N–C) groups is 1. The maximum atomic E-state index is 4.83. The second kappa shape index (κ2) is 8.94. The quantitative estimate of drug-likeness (QED) is 0.507. The normalized spacial score (nSPS) is 13.9. The van der Waals surface area contributed by atoms with Crippen molar-refractivity contribution >= 4 is 29.2 Å². The zero-order chi connectivity index (χ0) is 19.2. The van der Waals surface area contributed by atoms with Gasteiger partial charge in [-0.05, 0) is 29.3 Å². The first-order chi connectivity index (χ1) is 13.8. The van der Waals surface area contributed by atoms with E-state index in [1.807, 2.05) is 11.8 Å². The molecule has 0 saturated carbocycles. The Balaban J connectivity index is 1.57. The van der Waals surface area contributed by atoms with Crippen molar-refractivity contribution in [2.45, 2.75) is 10.6 Å². The molecule has 0 fully saturated rings. The van der Waals surface area contributed by atoms with Gasteiger partial charge in [0.25, 0.3) is 0 Å². The molecule has 0 bridgehead atoms. The Labute approximate surface area is 171 Å². The van der Waals surface area contributed by atoms with E-state index in [4.69, 9.17) is 4.99 Å². The Hall–Kier alpha value is -2.78. The van der Waals surface area contributed by atoms with Crippen LogP contribution >= 0.6 is 11.8 Å². The van der Waals surface area contributed by atoms with Crippen LogP contribution in [0.3, 0.4) is 0 Å². The molecule has 0 saturated heterocycles. The first-order valence-electron chi connectivity index (χ1n) is 9.60. The van der Waals surface area contributed by atoms with Crippen LogP contribution in [-0.4, -0.2) is 25.8 Å². The fourth-order valence-electron chi connectivity index (χ4n) is 3.35. The highest BCUT2D eigenvalue weighted by atomic mass is 32.2. The lowest BCUT2D eigenvalue weighted by Crippen LogP contribution is -2.20. The summed E-state index contributed by atoms with van der Waals surface area (Å²) in [6, 6.07) is 27.7. The molecule has 0 N–H and O–H groups in total. The number of anilines is 1. The van der Waals surface area contributed by atoms with E-state index in [1.54, 1.807) is 0 Å². The molecule has 0 radical (unpaired) electrons. The van der Waals surface area contributed by atoms with E-state index in [2.05, 4.69) is 103 Å². The average Bonchev–Trinajstić information content (AvgIpc) is 2.91. The Bertz CT molecular complexity index is 992. The maximum absolute atomic E-state index is 4.83. The Kier molecular flexibility index (Phi) is 5.93. The summed E-state index contributed by atoms with van der Waals surface area (Å²) in [7, 11) is 2.14. The summed E-state index contributed by atoms with van der Waals surface area (Å²) in [6.45, 7) is 1.76. The molecular formula is C25H24N2S. The second-order valence-electron chi connectivity index (χ2n) is 6.85. The molecular weight excluding hydrogens is 360 g/mol. The highest BCUT2D eigenvalue weighted by Gasteiger charge is 2.13. The van der Waals surface area contributed by atoms with Crippen LogP contribution in [0, 0.1) is 0 Å². The summed E-state index contributed by atoms with van der Waals surface area (Å²) in [5.74, 6) is 0.972. The Morgan fingerprint density at radius 3 is 2.54 bits per heavy atom. The highest BCUT2D eigenvalue weighted by Crippen LogP contribution is 2.28. The minimum absolute atomic E-state index is 0.815. The van der Waals surface area contributed by atoms with Crippen LogP contribution in [-0.2, 0) is 5.75 Å². The molecule has 28 heavy (non-hydrogen) atoms. The van der Waals surface area contributed by atoms with Gasteiger partial charge in [0.05, 0.1) is 12.3 Å². The van der Waals surface area contributed by atoms with Crippen LogP contribution in [0.1, 0.15) is 16.7 Å². The van der Waals surface area contributed by atoms with Gasteiger partial charge >= 0.3 is 0 Å². The summed E-state index contributed by atoms with van der Waals surface area (Å²) in [5.41, 5.74) is 6.09. The predicted molar refractivity (Wildman–Crippen MR) is 123 cm³/mol. The summed E-state index contributed by atoms with van der Waals surface area (Å²) < 4.78 is 0. The highest BCUT2D eigenvalue weighted by molar-refractivity contribution is 7.98. The number of likely N-dealkylation sites (N-methyl/N-ethyl adjacent to an activating group) is 1. The molecule has 1 aliphatic rings. The third-order valence-corrected chi connectivity index (χ3v) is 6.05. The molecule has 0 aromatic heterocycles. The van der Waals surface area contributed by atoms with E-state index >= 15 is 0 Å². The summed E-state index contributed by atoms with van der Waals surface area (Å²) in [6.07, 6.45) is 4.37. The second-order valence-corrected chi connectivity index (χ2v) is 7.87. The number of para-hydroxylation sites is 1. The first kappa shape index (κ1) is 18.6. The molecule has 2 nitrogen and oxygen atoms in total. The van der Waals surface area contributed by atoms with E-state index in [0.717, 1.165) is 24.6 Å². The largest absolute Gasteiger partial charge is 0.372 e. The van der Waals surface area contributed by atoms with Crippen molar-refractivity contribution in [2.75, 3.05) is 25.0 Å². The molecule has 1 aliphatic heterocycles. The number of benzene rings is 3. The van der Waals surface area contributed by atoms with Crippen molar-refractivity contribution in [3.8, 4) is 0 Å². The number of nitrogens with zero attached hydrogens (tertiary/aromatic N) is 2. The lowest BCUT2D eigenvalue weighted by atomic mass is 10.1. The smallest absolute Gasteiger partial charge is 0.0668 e. The van der Waals surface area contributed by atoms with Gasteiger partial charge in [-0.1, -0.05) is 72.8 Å². The zero-order valence-corrected chi connectivity index (χ0v) is 16.9. The van der Waals surface area contributed by atoms with Crippen molar-refractivity contribution in [1.82, 2.24) is 0 Å². The van der Waals surface area contributed by atoms with Gasteiger partial charge in [-0.2, -0.15) is 0 Å². The first-order valence-corrected chi connectivity index (χ1v) is 10.6. The van der Waals surface area contributed by atoms with E-state index < -0.39 is 0 Å². The number of hydrogen-bond acceptors (Lipinski definition) is 3. The molecule has 3 heteroatoms. The molecule has 1 heterocycles. The van der Waals surface area contributed by atoms with Crippen molar-refractivity contribution in [2.24, 2.45) is 4.99 Å². The Morgan fingerprint density at radius 1 is 0.893 bits per heavy atom. The maximum Gasteiger partial charge on any atom is 0.0668 e. The van der Waals surface area contributed by atoms with Crippen LogP contribution in [0.4, 0.5) is 5.69 Å². The van der Waals surface area contributed by atoms with Gasteiger partial charge in [-0.3, -0.25) is 4.99 Å². The van der Waals surface area contributed by atoms with Crippen molar-refractivity contribution in [3.63, 3.8) is 0 Å². The Morgan fingerprint density at radius 2 is 1.64 bits per heavy atom. The standard InChI is InChI=1S/C25H24N2S/c1-27-18-17-26-23(22-12-6-7-13-24(22)27)16-15-21-11-5-8-14-25(21)28-19-20-9-3-2-4-10-20/h2-16H,17-19H2,1H3/b16-15+. The van der Waals surface area contributed by atoms with Gasteiger partial charge in [0.2, 0.25) is 0 Å².